The Balaban J connectivity index is 1.34. The number of hydrogen-bond donors (Lipinski definition) is 2. The summed E-state index contributed by atoms with van der Waals surface area (Å²) >= 11 is 0. The average molecular weight is 406 g/mol. The summed E-state index contributed by atoms with van der Waals surface area (Å²) in [5.41, 5.74) is 0. The second kappa shape index (κ2) is 10.7. The van der Waals surface area contributed by atoms with Crippen molar-refractivity contribution in [3.05, 3.63) is 41.5 Å². The summed E-state index contributed by atoms with van der Waals surface area (Å²) in [5.74, 6) is 1.51. The number of fused-ring (bicyclic) bond motifs is 1. The Bertz CT molecular complexity index is 823. The largest absolute Gasteiger partial charge is 0.489 e. The molecule has 2 aromatic rings. The molecule has 0 fully saturated rings. The normalized spacial score (nSPS) is 14.2. The minimum absolute atomic E-state index is 0.0311. The molecule has 0 aliphatic carbocycles. The maximum Gasteiger partial charge on any atom is 0.191 e. The Morgan fingerprint density at radius 1 is 1.17 bits per heavy atom. The van der Waals surface area contributed by atoms with E-state index in [2.05, 4.69) is 30.4 Å². The second-order valence-electron chi connectivity index (χ2n) is 6.95. The summed E-state index contributed by atoms with van der Waals surface area (Å²) in [4.78, 5) is 4.16. The number of aromatic nitrogens is 3. The average Bonchev–Trinajstić information content (AvgIpc) is 2.94. The molecule has 0 saturated carbocycles. The molecule has 0 radical (unpaired) electrons. The zero-order valence-corrected chi connectivity index (χ0v) is 16.8. The van der Waals surface area contributed by atoms with Crippen LogP contribution in [0.25, 0.3) is 0 Å². The molecule has 0 spiro atoms. The number of rotatable bonds is 8. The van der Waals surface area contributed by atoms with Crippen LogP contribution >= 0.6 is 0 Å². The number of halogens is 2. The van der Waals surface area contributed by atoms with Crippen molar-refractivity contribution in [2.75, 3.05) is 26.7 Å². The summed E-state index contributed by atoms with van der Waals surface area (Å²) in [5, 5.41) is 15.0. The Morgan fingerprint density at radius 2 is 2.03 bits per heavy atom. The zero-order chi connectivity index (χ0) is 20.5. The van der Waals surface area contributed by atoms with Gasteiger partial charge in [0.25, 0.3) is 0 Å². The van der Waals surface area contributed by atoms with Gasteiger partial charge in [-0.05, 0) is 31.4 Å². The Labute approximate surface area is 169 Å². The highest BCUT2D eigenvalue weighted by Crippen LogP contribution is 2.17. The van der Waals surface area contributed by atoms with Crippen LogP contribution in [-0.2, 0) is 19.4 Å². The number of aryl methyl sites for hydroxylation is 2. The monoisotopic (exact) mass is 406 g/mol. The van der Waals surface area contributed by atoms with Crippen LogP contribution in [0.3, 0.4) is 0 Å². The first-order chi connectivity index (χ1) is 14.2. The smallest absolute Gasteiger partial charge is 0.191 e. The van der Waals surface area contributed by atoms with Gasteiger partial charge in [-0.1, -0.05) is 6.42 Å². The van der Waals surface area contributed by atoms with Gasteiger partial charge in [0.05, 0.1) is 6.54 Å². The van der Waals surface area contributed by atoms with E-state index in [1.165, 1.54) is 31.4 Å². The van der Waals surface area contributed by atoms with E-state index in [-0.39, 0.29) is 12.4 Å². The third kappa shape index (κ3) is 6.13. The van der Waals surface area contributed by atoms with Gasteiger partial charge in [-0.25, -0.2) is 8.78 Å². The maximum atomic E-state index is 13.5. The van der Waals surface area contributed by atoms with Crippen molar-refractivity contribution in [2.24, 2.45) is 4.99 Å². The van der Waals surface area contributed by atoms with Crippen LogP contribution in [0.2, 0.25) is 0 Å². The number of nitrogens with one attached hydrogen (secondary N) is 2. The first-order valence-electron chi connectivity index (χ1n) is 10.1. The minimum atomic E-state index is -0.709. The highest BCUT2D eigenvalue weighted by Gasteiger charge is 2.14. The van der Waals surface area contributed by atoms with E-state index in [0.717, 1.165) is 50.1 Å². The van der Waals surface area contributed by atoms with Gasteiger partial charge >= 0.3 is 0 Å². The molecule has 0 bridgehead atoms. The molecule has 0 atom stereocenters. The topological polar surface area (TPSA) is 76.4 Å². The summed E-state index contributed by atoms with van der Waals surface area (Å²) in [7, 11) is 1.69. The van der Waals surface area contributed by atoms with Gasteiger partial charge in [0.15, 0.2) is 17.5 Å². The van der Waals surface area contributed by atoms with Crippen LogP contribution in [0.1, 0.15) is 37.3 Å². The molecule has 158 valence electrons. The fraction of sp³-hybridized carbons (Fsp3) is 0.550. The van der Waals surface area contributed by atoms with Gasteiger partial charge in [0, 0.05) is 39.0 Å². The zero-order valence-electron chi connectivity index (χ0n) is 16.8. The molecule has 9 heteroatoms. The van der Waals surface area contributed by atoms with Crippen LogP contribution in [0, 0.1) is 11.6 Å². The number of benzene rings is 1. The Hall–Kier alpha value is -2.71. The van der Waals surface area contributed by atoms with Crippen LogP contribution in [0.15, 0.2) is 23.2 Å². The van der Waals surface area contributed by atoms with Crippen molar-refractivity contribution in [1.29, 1.82) is 0 Å². The molecule has 3 rings (SSSR count). The van der Waals surface area contributed by atoms with Crippen LogP contribution in [0.5, 0.6) is 5.75 Å². The number of ether oxygens (including phenoxy) is 1. The van der Waals surface area contributed by atoms with Crippen molar-refractivity contribution in [3.8, 4) is 5.75 Å². The Morgan fingerprint density at radius 3 is 2.86 bits per heavy atom. The lowest BCUT2D eigenvalue weighted by Crippen LogP contribution is -2.39. The number of nitrogens with zero attached hydrogens (tertiary/aromatic N) is 4. The molecule has 7 nitrogen and oxygen atoms in total. The summed E-state index contributed by atoms with van der Waals surface area (Å²) < 4.78 is 34.0. The minimum Gasteiger partial charge on any atom is -0.489 e. The van der Waals surface area contributed by atoms with E-state index in [1.54, 1.807) is 7.05 Å². The standard InChI is InChI=1S/C20H28F2N6O/c1-23-20(25-11-13-29-17-9-8-15(21)14-16(17)22)24-10-5-7-19-27-26-18-6-3-2-4-12-28(18)19/h8-9,14H,2-7,10-13H2,1H3,(H2,23,24,25). The molecular formula is C20H28F2N6O. The van der Waals surface area contributed by atoms with Crippen LogP contribution < -0.4 is 15.4 Å². The lowest BCUT2D eigenvalue weighted by molar-refractivity contribution is 0.304. The van der Waals surface area contributed by atoms with Gasteiger partial charge in [0.2, 0.25) is 0 Å². The highest BCUT2D eigenvalue weighted by molar-refractivity contribution is 5.79. The van der Waals surface area contributed by atoms with Gasteiger partial charge < -0.3 is 19.9 Å². The highest BCUT2D eigenvalue weighted by atomic mass is 19.1. The van der Waals surface area contributed by atoms with E-state index in [9.17, 15) is 8.78 Å². The summed E-state index contributed by atoms with van der Waals surface area (Å²) in [6.45, 7) is 2.43. The number of aliphatic imine (C=N–C) groups is 1. The van der Waals surface area contributed by atoms with Crippen molar-refractivity contribution in [3.63, 3.8) is 0 Å². The van der Waals surface area contributed by atoms with Crippen LogP contribution in [-0.4, -0.2) is 47.5 Å². The second-order valence-corrected chi connectivity index (χ2v) is 6.95. The lowest BCUT2D eigenvalue weighted by atomic mass is 10.2. The lowest BCUT2D eigenvalue weighted by Gasteiger charge is -2.13. The van der Waals surface area contributed by atoms with Crippen molar-refractivity contribution < 1.29 is 13.5 Å². The molecule has 29 heavy (non-hydrogen) atoms. The third-order valence-electron chi connectivity index (χ3n) is 4.83. The molecular weight excluding hydrogens is 378 g/mol. The quantitative estimate of drug-likeness (QED) is 0.400. The summed E-state index contributed by atoms with van der Waals surface area (Å²) in [6.07, 6.45) is 6.44. The van der Waals surface area contributed by atoms with Crippen molar-refractivity contribution in [2.45, 2.75) is 45.1 Å². The van der Waals surface area contributed by atoms with Crippen molar-refractivity contribution >= 4 is 5.96 Å². The summed E-state index contributed by atoms with van der Waals surface area (Å²) in [6, 6.07) is 3.25. The first kappa shape index (κ1) is 21.0. The molecule has 2 N–H and O–H groups in total. The fourth-order valence-corrected chi connectivity index (χ4v) is 3.33. The molecule has 0 saturated heterocycles. The van der Waals surface area contributed by atoms with Crippen LogP contribution in [0.4, 0.5) is 8.78 Å². The molecule has 1 aromatic carbocycles. The van der Waals surface area contributed by atoms with Gasteiger partial charge in [-0.3, -0.25) is 4.99 Å². The number of guanidine groups is 1. The molecule has 0 unspecified atom stereocenters. The van der Waals surface area contributed by atoms with E-state index in [0.29, 0.717) is 12.5 Å². The van der Waals surface area contributed by atoms with Gasteiger partial charge in [-0.2, -0.15) is 0 Å². The molecule has 1 aromatic heterocycles. The molecule has 1 aliphatic rings. The molecule has 1 aliphatic heterocycles. The predicted octanol–water partition coefficient (Wildman–Crippen LogP) is 2.46. The fourth-order valence-electron chi connectivity index (χ4n) is 3.33. The number of hydrogen-bond acceptors (Lipinski definition) is 4. The molecule has 2 heterocycles. The first-order valence-corrected chi connectivity index (χ1v) is 10.1. The maximum absolute atomic E-state index is 13.5. The van der Waals surface area contributed by atoms with E-state index < -0.39 is 11.6 Å². The van der Waals surface area contributed by atoms with E-state index in [1.807, 2.05) is 0 Å². The van der Waals surface area contributed by atoms with E-state index >= 15 is 0 Å². The van der Waals surface area contributed by atoms with E-state index in [4.69, 9.17) is 4.74 Å². The molecule has 0 amide bonds. The predicted molar refractivity (Wildman–Crippen MR) is 107 cm³/mol. The van der Waals surface area contributed by atoms with Gasteiger partial charge in [-0.15, -0.1) is 10.2 Å². The third-order valence-corrected chi connectivity index (χ3v) is 4.83. The Kier molecular flexibility index (Phi) is 7.77. The van der Waals surface area contributed by atoms with Gasteiger partial charge in [0.1, 0.15) is 24.1 Å². The SMILES string of the molecule is CN=C(NCCCc1nnc2n1CCCCC2)NCCOc1ccc(F)cc1F. The van der Waals surface area contributed by atoms with Crippen molar-refractivity contribution in [1.82, 2.24) is 25.4 Å².